The smallest absolute Gasteiger partial charge is 0.226 e. The van der Waals surface area contributed by atoms with Crippen molar-refractivity contribution in [2.45, 2.75) is 32.3 Å². The third-order valence-corrected chi connectivity index (χ3v) is 3.66. The van der Waals surface area contributed by atoms with Crippen LogP contribution < -0.4 is 5.32 Å². The number of aryl methyl sites for hydroxylation is 1. The van der Waals surface area contributed by atoms with Crippen LogP contribution >= 0.6 is 11.6 Å². The number of benzene rings is 1. The lowest BCUT2D eigenvalue weighted by molar-refractivity contribution is -0.117. The van der Waals surface area contributed by atoms with Crippen LogP contribution in [0.25, 0.3) is 0 Å². The van der Waals surface area contributed by atoms with Gasteiger partial charge < -0.3 is 14.8 Å². The summed E-state index contributed by atoms with van der Waals surface area (Å²) >= 11 is 6.01. The number of nitrogens with one attached hydrogen (secondary N) is 1. The summed E-state index contributed by atoms with van der Waals surface area (Å²) in [5.41, 5.74) is 1.70. The number of anilines is 1. The van der Waals surface area contributed by atoms with Crippen LogP contribution in [0.4, 0.5) is 5.69 Å². The van der Waals surface area contributed by atoms with Crippen LogP contribution in [0, 0.1) is 6.92 Å². The molecule has 0 saturated carbocycles. The highest BCUT2D eigenvalue weighted by Crippen LogP contribution is 2.20. The van der Waals surface area contributed by atoms with Crippen LogP contribution in [-0.4, -0.2) is 31.8 Å². The number of hydrogen-bond donors (Lipinski definition) is 1. The molecule has 0 aliphatic carbocycles. The Hall–Kier alpha value is -1.10. The molecule has 1 fully saturated rings. The molecule has 0 unspecified atom stereocenters. The Bertz CT molecular complexity index is 458. The van der Waals surface area contributed by atoms with Crippen LogP contribution in [0.15, 0.2) is 18.2 Å². The second-order valence-corrected chi connectivity index (χ2v) is 5.38. The second-order valence-electron chi connectivity index (χ2n) is 4.97. The molecule has 20 heavy (non-hydrogen) atoms. The zero-order valence-corrected chi connectivity index (χ0v) is 12.4. The lowest BCUT2D eigenvalue weighted by atomic mass is 10.2. The molecule has 0 bridgehead atoms. The van der Waals surface area contributed by atoms with E-state index in [0.29, 0.717) is 30.3 Å². The maximum Gasteiger partial charge on any atom is 0.226 e. The van der Waals surface area contributed by atoms with Gasteiger partial charge in [-0.15, -0.1) is 0 Å². The highest BCUT2D eigenvalue weighted by molar-refractivity contribution is 6.31. The fourth-order valence-corrected chi connectivity index (χ4v) is 2.23. The minimum atomic E-state index is -0.0720. The van der Waals surface area contributed by atoms with Gasteiger partial charge in [-0.2, -0.15) is 0 Å². The van der Waals surface area contributed by atoms with Gasteiger partial charge in [0.1, 0.15) is 0 Å². The molecule has 1 aromatic rings. The average molecular weight is 298 g/mol. The zero-order valence-electron chi connectivity index (χ0n) is 11.7. The van der Waals surface area contributed by atoms with Gasteiger partial charge in [-0.25, -0.2) is 0 Å². The van der Waals surface area contributed by atoms with Crippen LogP contribution in [0.3, 0.4) is 0 Å². The summed E-state index contributed by atoms with van der Waals surface area (Å²) < 4.78 is 10.9. The number of carbonyl (C=O) groups is 1. The maximum absolute atomic E-state index is 11.7. The van der Waals surface area contributed by atoms with E-state index in [1.807, 2.05) is 19.1 Å². The maximum atomic E-state index is 11.7. The monoisotopic (exact) mass is 297 g/mol. The largest absolute Gasteiger partial charge is 0.378 e. The molecule has 0 radical (unpaired) electrons. The molecular formula is C15H20ClNO3. The molecule has 1 saturated heterocycles. The Kier molecular flexibility index (Phi) is 5.83. The van der Waals surface area contributed by atoms with Crippen molar-refractivity contribution in [3.63, 3.8) is 0 Å². The first-order valence-corrected chi connectivity index (χ1v) is 7.28. The normalized spacial score (nSPS) is 18.2. The highest BCUT2D eigenvalue weighted by atomic mass is 35.5. The highest BCUT2D eigenvalue weighted by Gasteiger charge is 2.15. The zero-order chi connectivity index (χ0) is 14.4. The van der Waals surface area contributed by atoms with E-state index < -0.39 is 0 Å². The van der Waals surface area contributed by atoms with Crippen molar-refractivity contribution < 1.29 is 14.3 Å². The Balaban J connectivity index is 1.65. The van der Waals surface area contributed by atoms with E-state index in [1.165, 1.54) is 0 Å². The van der Waals surface area contributed by atoms with E-state index >= 15 is 0 Å². The molecule has 1 amide bonds. The van der Waals surface area contributed by atoms with Gasteiger partial charge in [-0.3, -0.25) is 4.79 Å². The standard InChI is InChI=1S/C15H20ClNO3/c1-11-4-5-12(9-14(11)16)17-15(18)6-8-19-10-13-3-2-7-20-13/h4-5,9,13H,2-3,6-8,10H2,1H3,(H,17,18)/t13-/m0/s1. The van der Waals surface area contributed by atoms with E-state index in [1.54, 1.807) is 6.07 Å². The summed E-state index contributed by atoms with van der Waals surface area (Å²) in [6.07, 6.45) is 2.68. The first-order valence-electron chi connectivity index (χ1n) is 6.90. The summed E-state index contributed by atoms with van der Waals surface area (Å²) in [6.45, 7) is 3.73. The van der Waals surface area contributed by atoms with E-state index in [0.717, 1.165) is 25.0 Å². The van der Waals surface area contributed by atoms with Crippen molar-refractivity contribution >= 4 is 23.2 Å². The van der Waals surface area contributed by atoms with Gasteiger partial charge in [0.15, 0.2) is 0 Å². The van der Waals surface area contributed by atoms with Gasteiger partial charge in [0.05, 0.1) is 25.7 Å². The Morgan fingerprint density at radius 1 is 1.55 bits per heavy atom. The van der Waals surface area contributed by atoms with Gasteiger partial charge in [0.25, 0.3) is 0 Å². The van der Waals surface area contributed by atoms with E-state index in [9.17, 15) is 4.79 Å². The molecule has 1 aliphatic heterocycles. The number of halogens is 1. The van der Waals surface area contributed by atoms with E-state index in [2.05, 4.69) is 5.32 Å². The van der Waals surface area contributed by atoms with Crippen molar-refractivity contribution in [3.8, 4) is 0 Å². The number of amides is 1. The Labute approximate surface area is 124 Å². The van der Waals surface area contributed by atoms with E-state index in [-0.39, 0.29) is 12.0 Å². The predicted molar refractivity (Wildman–Crippen MR) is 79.2 cm³/mol. The molecule has 5 heteroatoms. The first-order chi connectivity index (χ1) is 9.65. The molecular weight excluding hydrogens is 278 g/mol. The molecule has 1 aliphatic rings. The molecule has 2 rings (SSSR count). The van der Waals surface area contributed by atoms with Gasteiger partial charge in [0.2, 0.25) is 5.91 Å². The molecule has 1 aromatic carbocycles. The third-order valence-electron chi connectivity index (χ3n) is 3.26. The van der Waals surface area contributed by atoms with Crippen LogP contribution in [-0.2, 0) is 14.3 Å². The number of ether oxygens (including phenoxy) is 2. The van der Waals surface area contributed by atoms with Crippen molar-refractivity contribution in [1.29, 1.82) is 0 Å². The second kappa shape index (κ2) is 7.62. The lowest BCUT2D eigenvalue weighted by Gasteiger charge is -2.10. The SMILES string of the molecule is Cc1ccc(NC(=O)CCOC[C@@H]2CCCO2)cc1Cl. The topological polar surface area (TPSA) is 47.6 Å². The van der Waals surface area contributed by atoms with Gasteiger partial charge in [-0.1, -0.05) is 17.7 Å². The van der Waals surface area contributed by atoms with Crippen molar-refractivity contribution in [3.05, 3.63) is 28.8 Å². The average Bonchev–Trinajstić information content (AvgIpc) is 2.92. The number of hydrogen-bond acceptors (Lipinski definition) is 3. The molecule has 110 valence electrons. The van der Waals surface area contributed by atoms with Crippen molar-refractivity contribution in [2.24, 2.45) is 0 Å². The number of carbonyl (C=O) groups excluding carboxylic acids is 1. The molecule has 1 heterocycles. The molecule has 0 aromatic heterocycles. The van der Waals surface area contributed by atoms with Crippen LogP contribution in [0.5, 0.6) is 0 Å². The fraction of sp³-hybridized carbons (Fsp3) is 0.533. The molecule has 0 spiro atoms. The van der Waals surface area contributed by atoms with Crippen molar-refractivity contribution in [2.75, 3.05) is 25.1 Å². The Morgan fingerprint density at radius 2 is 2.40 bits per heavy atom. The predicted octanol–water partition coefficient (Wildman–Crippen LogP) is 3.17. The summed E-state index contributed by atoms with van der Waals surface area (Å²) in [5, 5.41) is 3.45. The minimum absolute atomic E-state index is 0.0720. The van der Waals surface area contributed by atoms with Crippen LogP contribution in [0.2, 0.25) is 5.02 Å². The minimum Gasteiger partial charge on any atom is -0.378 e. The Morgan fingerprint density at radius 3 is 3.10 bits per heavy atom. The molecule has 1 N–H and O–H groups in total. The molecule has 4 nitrogen and oxygen atoms in total. The summed E-state index contributed by atoms with van der Waals surface area (Å²) in [7, 11) is 0. The quantitative estimate of drug-likeness (QED) is 0.821. The number of rotatable bonds is 6. The summed E-state index contributed by atoms with van der Waals surface area (Å²) in [4.78, 5) is 11.7. The van der Waals surface area contributed by atoms with Gasteiger partial charge >= 0.3 is 0 Å². The fourth-order valence-electron chi connectivity index (χ4n) is 2.05. The van der Waals surface area contributed by atoms with Gasteiger partial charge in [0, 0.05) is 17.3 Å². The van der Waals surface area contributed by atoms with Gasteiger partial charge in [-0.05, 0) is 37.5 Å². The van der Waals surface area contributed by atoms with E-state index in [4.69, 9.17) is 21.1 Å². The summed E-state index contributed by atoms with van der Waals surface area (Å²) in [5.74, 6) is -0.0720. The third kappa shape index (κ3) is 4.78. The molecule has 1 atom stereocenters. The van der Waals surface area contributed by atoms with Crippen molar-refractivity contribution in [1.82, 2.24) is 0 Å². The first kappa shape index (κ1) is 15.3. The van der Waals surface area contributed by atoms with Crippen LogP contribution in [0.1, 0.15) is 24.8 Å². The summed E-state index contributed by atoms with van der Waals surface area (Å²) in [6, 6.07) is 5.47. The lowest BCUT2D eigenvalue weighted by Crippen LogP contribution is -2.18.